The summed E-state index contributed by atoms with van der Waals surface area (Å²) >= 11 is 0. The van der Waals surface area contributed by atoms with Gasteiger partial charge in [0.25, 0.3) is 11.6 Å². The summed E-state index contributed by atoms with van der Waals surface area (Å²) in [6.45, 7) is 3.23. The third kappa shape index (κ3) is 2.97. The van der Waals surface area contributed by atoms with Crippen LogP contribution in [0.15, 0.2) is 18.2 Å². The Kier molecular flexibility index (Phi) is 4.13. The average molecular weight is 292 g/mol. The molecule has 0 aliphatic carbocycles. The molecule has 0 bridgehead atoms. The van der Waals surface area contributed by atoms with Crippen LogP contribution in [0.3, 0.4) is 0 Å². The zero-order valence-electron chi connectivity index (χ0n) is 12.4. The number of nitro benzene ring substituents is 1. The van der Waals surface area contributed by atoms with E-state index in [0.717, 1.165) is 0 Å². The lowest BCUT2D eigenvalue weighted by molar-refractivity contribution is -0.385. The van der Waals surface area contributed by atoms with Gasteiger partial charge in [-0.25, -0.2) is 0 Å². The number of carbonyl (C=O) groups is 1. The zero-order valence-corrected chi connectivity index (χ0v) is 12.4. The van der Waals surface area contributed by atoms with Crippen LogP contribution in [0.5, 0.6) is 0 Å². The van der Waals surface area contributed by atoms with Crippen LogP contribution in [0.4, 0.5) is 11.4 Å². The van der Waals surface area contributed by atoms with Crippen LogP contribution < -0.4 is 5.73 Å². The van der Waals surface area contributed by atoms with Crippen LogP contribution in [0.1, 0.15) is 17.3 Å². The second-order valence-electron chi connectivity index (χ2n) is 5.75. The number of likely N-dealkylation sites (tertiary alicyclic amines) is 1. The highest BCUT2D eigenvalue weighted by atomic mass is 16.6. The van der Waals surface area contributed by atoms with E-state index in [9.17, 15) is 14.9 Å². The van der Waals surface area contributed by atoms with E-state index >= 15 is 0 Å². The molecule has 0 saturated carbocycles. The van der Waals surface area contributed by atoms with Crippen molar-refractivity contribution in [2.24, 2.45) is 5.92 Å². The Bertz CT molecular complexity index is 573. The van der Waals surface area contributed by atoms with Crippen molar-refractivity contribution in [1.29, 1.82) is 0 Å². The van der Waals surface area contributed by atoms with E-state index in [1.165, 1.54) is 18.2 Å². The quantitative estimate of drug-likeness (QED) is 0.513. The Morgan fingerprint density at radius 1 is 1.43 bits per heavy atom. The number of nitrogens with zero attached hydrogens (tertiary/aromatic N) is 3. The summed E-state index contributed by atoms with van der Waals surface area (Å²) in [5, 5.41) is 11.1. The first kappa shape index (κ1) is 15.2. The summed E-state index contributed by atoms with van der Waals surface area (Å²) < 4.78 is 0. The molecule has 114 valence electrons. The summed E-state index contributed by atoms with van der Waals surface area (Å²) in [6, 6.07) is 4.36. The lowest BCUT2D eigenvalue weighted by Crippen LogP contribution is -2.36. The number of anilines is 1. The molecule has 1 aromatic carbocycles. The predicted octanol–water partition coefficient (Wildman–Crippen LogP) is 1.20. The van der Waals surface area contributed by atoms with Crippen LogP contribution in [0.2, 0.25) is 0 Å². The minimum Gasteiger partial charge on any atom is -0.399 e. The number of nitrogen functional groups attached to an aromatic ring is 1. The summed E-state index contributed by atoms with van der Waals surface area (Å²) in [6.07, 6.45) is 0. The molecule has 2 rings (SSSR count). The maximum absolute atomic E-state index is 12.6. The van der Waals surface area contributed by atoms with Gasteiger partial charge in [0.05, 0.1) is 4.92 Å². The average Bonchev–Trinajstić information content (AvgIpc) is 2.79. The number of amides is 1. The fourth-order valence-electron chi connectivity index (χ4n) is 2.84. The third-order valence-electron chi connectivity index (χ3n) is 3.97. The first-order valence-corrected chi connectivity index (χ1v) is 6.81. The fraction of sp³-hybridized carbons (Fsp3) is 0.500. The molecule has 1 aromatic rings. The number of rotatable bonds is 3. The van der Waals surface area contributed by atoms with E-state index in [1.54, 1.807) is 4.90 Å². The topological polar surface area (TPSA) is 92.7 Å². The number of nitrogens with two attached hydrogens (primary N) is 1. The van der Waals surface area contributed by atoms with Crippen molar-refractivity contribution < 1.29 is 9.72 Å². The van der Waals surface area contributed by atoms with E-state index in [2.05, 4.69) is 11.8 Å². The lowest BCUT2D eigenvalue weighted by atomic mass is 10.1. The number of benzene rings is 1. The molecule has 0 aromatic heterocycles. The van der Waals surface area contributed by atoms with Gasteiger partial charge >= 0.3 is 0 Å². The Morgan fingerprint density at radius 2 is 2.10 bits per heavy atom. The molecule has 1 saturated heterocycles. The number of hydrogen-bond acceptors (Lipinski definition) is 5. The minimum atomic E-state index is -0.546. The van der Waals surface area contributed by atoms with Crippen molar-refractivity contribution in [3.05, 3.63) is 33.9 Å². The molecule has 0 radical (unpaired) electrons. The third-order valence-corrected chi connectivity index (χ3v) is 3.97. The monoisotopic (exact) mass is 292 g/mol. The number of hydrogen-bond donors (Lipinski definition) is 1. The van der Waals surface area contributed by atoms with Crippen molar-refractivity contribution in [3.63, 3.8) is 0 Å². The van der Waals surface area contributed by atoms with E-state index < -0.39 is 4.92 Å². The van der Waals surface area contributed by atoms with Crippen molar-refractivity contribution in [2.45, 2.75) is 13.0 Å². The largest absolute Gasteiger partial charge is 0.399 e. The molecule has 2 unspecified atom stereocenters. The molecular formula is C14H20N4O3. The summed E-state index contributed by atoms with van der Waals surface area (Å²) in [7, 11) is 3.94. The molecule has 1 aliphatic rings. The van der Waals surface area contributed by atoms with Gasteiger partial charge in [0.2, 0.25) is 0 Å². The normalized spacial score (nSPS) is 21.8. The summed E-state index contributed by atoms with van der Waals surface area (Å²) in [5.74, 6) is -0.00531. The Labute approximate surface area is 123 Å². The molecule has 0 spiro atoms. The first-order chi connectivity index (χ1) is 9.81. The lowest BCUT2D eigenvalue weighted by Gasteiger charge is -2.22. The van der Waals surface area contributed by atoms with Crippen LogP contribution in [-0.2, 0) is 0 Å². The smallest absolute Gasteiger partial charge is 0.282 e. The van der Waals surface area contributed by atoms with Gasteiger partial charge in [-0.2, -0.15) is 0 Å². The van der Waals surface area contributed by atoms with Crippen LogP contribution in [0.25, 0.3) is 0 Å². The van der Waals surface area contributed by atoms with Gasteiger partial charge in [-0.05, 0) is 32.1 Å². The molecule has 2 atom stereocenters. The number of nitro groups is 1. The molecule has 1 heterocycles. The van der Waals surface area contributed by atoms with Gasteiger partial charge in [-0.1, -0.05) is 6.92 Å². The molecule has 7 nitrogen and oxygen atoms in total. The van der Waals surface area contributed by atoms with E-state index in [0.29, 0.717) is 24.7 Å². The maximum atomic E-state index is 12.6. The van der Waals surface area contributed by atoms with Crippen molar-refractivity contribution in [3.8, 4) is 0 Å². The van der Waals surface area contributed by atoms with Crippen LogP contribution >= 0.6 is 0 Å². The van der Waals surface area contributed by atoms with E-state index in [1.807, 2.05) is 14.1 Å². The number of carbonyl (C=O) groups excluding carboxylic acids is 1. The first-order valence-electron chi connectivity index (χ1n) is 6.81. The molecule has 21 heavy (non-hydrogen) atoms. The Balaban J connectivity index is 2.29. The molecule has 7 heteroatoms. The highest BCUT2D eigenvalue weighted by Crippen LogP contribution is 2.27. The summed E-state index contributed by atoms with van der Waals surface area (Å²) in [4.78, 5) is 26.9. The zero-order chi connectivity index (χ0) is 15.7. The second-order valence-corrected chi connectivity index (χ2v) is 5.75. The maximum Gasteiger partial charge on any atom is 0.282 e. The van der Waals surface area contributed by atoms with Crippen LogP contribution in [-0.4, -0.2) is 53.9 Å². The Morgan fingerprint density at radius 3 is 2.62 bits per heavy atom. The predicted molar refractivity (Wildman–Crippen MR) is 80.1 cm³/mol. The molecule has 2 N–H and O–H groups in total. The van der Waals surface area contributed by atoms with Crippen molar-refractivity contribution >= 4 is 17.3 Å². The van der Waals surface area contributed by atoms with Crippen molar-refractivity contribution in [1.82, 2.24) is 9.80 Å². The fourth-order valence-corrected chi connectivity index (χ4v) is 2.84. The SMILES string of the molecule is CC1CN(C(=O)c2cc(N)ccc2[N+](=O)[O-])CC1N(C)C. The van der Waals surface area contributed by atoms with Gasteiger partial charge in [0.1, 0.15) is 5.56 Å². The molecular weight excluding hydrogens is 272 g/mol. The molecule has 1 aliphatic heterocycles. The number of likely N-dealkylation sites (N-methyl/N-ethyl adjacent to an activating group) is 1. The van der Waals surface area contributed by atoms with E-state index in [4.69, 9.17) is 5.73 Å². The molecule has 1 fully saturated rings. The van der Waals surface area contributed by atoms with Crippen molar-refractivity contribution in [2.75, 3.05) is 32.9 Å². The second kappa shape index (κ2) is 5.69. The Hall–Kier alpha value is -2.15. The van der Waals surface area contributed by atoms with Gasteiger partial charge in [-0.15, -0.1) is 0 Å². The molecule has 1 amide bonds. The highest BCUT2D eigenvalue weighted by molar-refractivity contribution is 5.99. The van der Waals surface area contributed by atoms with E-state index in [-0.39, 0.29) is 23.2 Å². The highest BCUT2D eigenvalue weighted by Gasteiger charge is 2.35. The van der Waals surface area contributed by atoms with Crippen LogP contribution in [0, 0.1) is 16.0 Å². The minimum absolute atomic E-state index is 0.0617. The van der Waals surface area contributed by atoms with Gasteiger partial charge in [0.15, 0.2) is 0 Å². The van der Waals surface area contributed by atoms with Gasteiger partial charge in [0, 0.05) is 30.9 Å². The summed E-state index contributed by atoms with van der Waals surface area (Å²) in [5.41, 5.74) is 5.88. The standard InChI is InChI=1S/C14H20N4O3/c1-9-7-17(8-13(9)16(2)3)14(19)11-6-10(15)4-5-12(11)18(20)21/h4-6,9,13H,7-8,15H2,1-3H3. The van der Waals surface area contributed by atoms with Gasteiger partial charge < -0.3 is 15.5 Å². The van der Waals surface area contributed by atoms with Gasteiger partial charge in [-0.3, -0.25) is 14.9 Å².